The molecule has 36 heavy (non-hydrogen) atoms. The van der Waals surface area contributed by atoms with Crippen molar-refractivity contribution in [2.75, 3.05) is 38.4 Å². The van der Waals surface area contributed by atoms with Crippen LogP contribution in [0.3, 0.4) is 0 Å². The smallest absolute Gasteiger partial charge is 0.267 e. The lowest BCUT2D eigenvalue weighted by Crippen LogP contribution is -2.48. The van der Waals surface area contributed by atoms with Gasteiger partial charge in [-0.15, -0.1) is 5.10 Å². The summed E-state index contributed by atoms with van der Waals surface area (Å²) in [5.41, 5.74) is 5.92. The molecule has 12 heteroatoms. The van der Waals surface area contributed by atoms with E-state index in [4.69, 9.17) is 24.7 Å². The predicted octanol–water partition coefficient (Wildman–Crippen LogP) is 3.13. The number of nitrogen functional groups attached to an aromatic ring is 1. The molecule has 0 saturated carbocycles. The standard InChI is InChI=1S/C24H41N5O6S/c1-6-9-12-32-16-18-20(33-13-10-7-2)24(4,34-14-11-8-3)19(35-18)17-15-26-22-21(25)27-23(28-29(17)22)36(5,30)31/h15,18-20H,6-14,16H2,1-5H3,(H2,25,27,28)/t18-,19?,20-,24+/m1/s1. The molecule has 0 bridgehead atoms. The highest BCUT2D eigenvalue weighted by Gasteiger charge is 2.57. The number of rotatable bonds is 15. The van der Waals surface area contributed by atoms with Crippen LogP contribution in [0.15, 0.2) is 11.4 Å². The van der Waals surface area contributed by atoms with Crippen molar-refractivity contribution in [1.29, 1.82) is 0 Å². The maximum atomic E-state index is 12.2. The fourth-order valence-electron chi connectivity index (χ4n) is 4.29. The molecule has 4 atom stereocenters. The van der Waals surface area contributed by atoms with E-state index in [1.165, 1.54) is 4.52 Å². The van der Waals surface area contributed by atoms with Gasteiger partial charge in [0, 0.05) is 26.1 Å². The molecule has 1 aliphatic rings. The summed E-state index contributed by atoms with van der Waals surface area (Å²) in [4.78, 5) is 8.30. The maximum absolute atomic E-state index is 12.2. The Bertz CT molecular complexity index is 1090. The van der Waals surface area contributed by atoms with E-state index >= 15 is 0 Å². The Kier molecular flexibility index (Phi) is 10.0. The van der Waals surface area contributed by atoms with E-state index in [1.807, 2.05) is 6.92 Å². The third-order valence-electron chi connectivity index (χ3n) is 6.36. The number of aromatic nitrogens is 4. The van der Waals surface area contributed by atoms with Crippen molar-refractivity contribution in [1.82, 2.24) is 19.6 Å². The van der Waals surface area contributed by atoms with E-state index in [2.05, 4.69) is 35.8 Å². The number of sulfone groups is 1. The average Bonchev–Trinajstić information content (AvgIpc) is 3.36. The molecule has 0 aliphatic carbocycles. The average molecular weight is 528 g/mol. The predicted molar refractivity (Wildman–Crippen MR) is 136 cm³/mol. The van der Waals surface area contributed by atoms with Gasteiger partial charge in [-0.3, -0.25) is 0 Å². The maximum Gasteiger partial charge on any atom is 0.267 e. The van der Waals surface area contributed by atoms with Gasteiger partial charge in [-0.25, -0.2) is 17.9 Å². The quantitative estimate of drug-likeness (QED) is 0.343. The largest absolute Gasteiger partial charge is 0.380 e. The molecule has 1 saturated heterocycles. The third-order valence-corrected chi connectivity index (χ3v) is 7.20. The zero-order valence-electron chi connectivity index (χ0n) is 22.1. The van der Waals surface area contributed by atoms with E-state index in [9.17, 15) is 8.42 Å². The number of anilines is 1. The SMILES string of the molecule is CCCCOC[C@H]1OC(c2cnc3c(N)nc(S(C)(=O)=O)nn23)[C@](C)(OCCCC)[C@@H]1OCCCC. The number of hydrogen-bond donors (Lipinski definition) is 1. The summed E-state index contributed by atoms with van der Waals surface area (Å²) in [5.74, 6) is -0.0292. The highest BCUT2D eigenvalue weighted by molar-refractivity contribution is 7.90. The van der Waals surface area contributed by atoms with Crippen molar-refractivity contribution in [2.24, 2.45) is 0 Å². The Morgan fingerprint density at radius 3 is 2.44 bits per heavy atom. The van der Waals surface area contributed by atoms with Crippen LogP contribution < -0.4 is 5.73 Å². The molecule has 0 aromatic carbocycles. The molecular weight excluding hydrogens is 486 g/mol. The molecule has 0 radical (unpaired) electrons. The van der Waals surface area contributed by atoms with E-state index in [0.29, 0.717) is 32.1 Å². The van der Waals surface area contributed by atoms with Crippen LogP contribution in [0.5, 0.6) is 0 Å². The molecule has 2 aromatic heterocycles. The first-order chi connectivity index (χ1) is 17.2. The van der Waals surface area contributed by atoms with Crippen molar-refractivity contribution >= 4 is 21.3 Å². The molecular formula is C24H41N5O6S. The molecule has 1 aliphatic heterocycles. The number of ether oxygens (including phenoxy) is 4. The van der Waals surface area contributed by atoms with Gasteiger partial charge in [-0.05, 0) is 26.2 Å². The van der Waals surface area contributed by atoms with Crippen molar-refractivity contribution < 1.29 is 27.4 Å². The Morgan fingerprint density at radius 2 is 1.78 bits per heavy atom. The summed E-state index contributed by atoms with van der Waals surface area (Å²) in [6.07, 6.45) is 6.92. The number of nitrogens with two attached hydrogens (primary N) is 1. The van der Waals surface area contributed by atoms with Crippen LogP contribution in [-0.2, 0) is 28.8 Å². The lowest BCUT2D eigenvalue weighted by molar-refractivity contribution is -0.138. The first-order valence-electron chi connectivity index (χ1n) is 12.9. The van der Waals surface area contributed by atoms with Gasteiger partial charge in [-0.1, -0.05) is 40.0 Å². The fourth-order valence-corrected chi connectivity index (χ4v) is 4.79. The first kappa shape index (κ1) is 28.7. The number of imidazole rings is 1. The lowest BCUT2D eigenvalue weighted by atomic mass is 9.90. The van der Waals surface area contributed by atoms with Gasteiger partial charge in [0.15, 0.2) is 11.5 Å². The molecule has 204 valence electrons. The molecule has 2 N–H and O–H groups in total. The van der Waals surface area contributed by atoms with E-state index in [1.54, 1.807) is 6.20 Å². The van der Waals surface area contributed by atoms with Crippen molar-refractivity contribution in [2.45, 2.75) is 95.3 Å². The molecule has 3 rings (SSSR count). The summed E-state index contributed by atoms with van der Waals surface area (Å²) in [7, 11) is -3.70. The Hall–Kier alpha value is -1.86. The van der Waals surface area contributed by atoms with Crippen molar-refractivity contribution in [3.05, 3.63) is 11.9 Å². The second-order valence-corrected chi connectivity index (χ2v) is 11.4. The highest BCUT2D eigenvalue weighted by atomic mass is 32.2. The minimum absolute atomic E-state index is 0.0292. The molecule has 11 nitrogen and oxygen atoms in total. The molecule has 3 heterocycles. The van der Waals surface area contributed by atoms with Crippen molar-refractivity contribution in [3.63, 3.8) is 0 Å². The number of fused-ring (bicyclic) bond motifs is 1. The second-order valence-electron chi connectivity index (χ2n) is 9.48. The summed E-state index contributed by atoms with van der Waals surface area (Å²) < 4.78 is 51.2. The van der Waals surface area contributed by atoms with Gasteiger partial charge in [0.05, 0.1) is 18.5 Å². The monoisotopic (exact) mass is 527 g/mol. The van der Waals surface area contributed by atoms with Gasteiger partial charge >= 0.3 is 0 Å². The number of hydrogen-bond acceptors (Lipinski definition) is 10. The zero-order chi connectivity index (χ0) is 26.3. The third kappa shape index (κ3) is 6.34. The van der Waals surface area contributed by atoms with Gasteiger partial charge in [-0.2, -0.15) is 4.98 Å². The van der Waals surface area contributed by atoms with E-state index in [0.717, 1.165) is 44.8 Å². The normalized spacial score (nSPS) is 24.6. The number of unbranched alkanes of at least 4 members (excludes halogenated alkanes) is 3. The topological polar surface area (TPSA) is 140 Å². The Morgan fingerprint density at radius 1 is 1.11 bits per heavy atom. The van der Waals surface area contributed by atoms with Crippen LogP contribution in [-0.4, -0.2) is 78.5 Å². The van der Waals surface area contributed by atoms with Gasteiger partial charge in [0.1, 0.15) is 23.9 Å². The van der Waals surface area contributed by atoms with Gasteiger partial charge < -0.3 is 24.7 Å². The van der Waals surface area contributed by atoms with Crippen LogP contribution >= 0.6 is 0 Å². The van der Waals surface area contributed by atoms with Crippen molar-refractivity contribution in [3.8, 4) is 0 Å². The van der Waals surface area contributed by atoms with Gasteiger partial charge in [0.2, 0.25) is 9.84 Å². The second kappa shape index (κ2) is 12.6. The first-order valence-corrected chi connectivity index (χ1v) is 14.8. The minimum atomic E-state index is -3.70. The number of nitrogens with zero attached hydrogens (tertiary/aromatic N) is 4. The van der Waals surface area contributed by atoms with Crippen LogP contribution in [0.2, 0.25) is 0 Å². The minimum Gasteiger partial charge on any atom is -0.380 e. The van der Waals surface area contributed by atoms with Crippen LogP contribution in [0.1, 0.15) is 78.0 Å². The highest BCUT2D eigenvalue weighted by Crippen LogP contribution is 2.46. The summed E-state index contributed by atoms with van der Waals surface area (Å²) in [6.45, 7) is 10.4. The Balaban J connectivity index is 2.05. The Labute approximate surface area is 214 Å². The molecule has 0 spiro atoms. The fraction of sp³-hybridized carbons (Fsp3) is 0.792. The summed E-state index contributed by atoms with van der Waals surface area (Å²) >= 11 is 0. The summed E-state index contributed by atoms with van der Waals surface area (Å²) in [6, 6.07) is 0. The van der Waals surface area contributed by atoms with Crippen LogP contribution in [0.25, 0.3) is 5.65 Å². The molecule has 1 unspecified atom stereocenters. The van der Waals surface area contributed by atoms with E-state index < -0.39 is 33.8 Å². The molecule has 1 fully saturated rings. The lowest BCUT2D eigenvalue weighted by Gasteiger charge is -2.35. The molecule has 2 aromatic rings. The summed E-state index contributed by atoms with van der Waals surface area (Å²) in [5, 5.41) is 3.87. The van der Waals surface area contributed by atoms with Crippen LogP contribution in [0, 0.1) is 0 Å². The van der Waals surface area contributed by atoms with E-state index in [-0.39, 0.29) is 16.6 Å². The molecule has 0 amide bonds. The van der Waals surface area contributed by atoms with Gasteiger partial charge in [0.25, 0.3) is 5.16 Å². The van der Waals surface area contributed by atoms with Crippen LogP contribution in [0.4, 0.5) is 5.82 Å². The zero-order valence-corrected chi connectivity index (χ0v) is 22.9.